The van der Waals surface area contributed by atoms with Crippen molar-refractivity contribution in [2.75, 3.05) is 13.1 Å². The fourth-order valence-electron chi connectivity index (χ4n) is 1.40. The Morgan fingerprint density at radius 1 is 1.57 bits per heavy atom. The van der Waals surface area contributed by atoms with Crippen LogP contribution < -0.4 is 5.32 Å². The number of hydrogen-bond donors (Lipinski definition) is 1. The van der Waals surface area contributed by atoms with Crippen LogP contribution in [0.15, 0.2) is 6.07 Å². The fourth-order valence-corrected chi connectivity index (χ4v) is 1.40. The number of hydrogen-bond acceptors (Lipinski definition) is 3. The van der Waals surface area contributed by atoms with Crippen LogP contribution in [-0.2, 0) is 6.54 Å². The molecule has 1 heterocycles. The van der Waals surface area contributed by atoms with Crippen molar-refractivity contribution in [2.24, 2.45) is 0 Å². The molecule has 14 heavy (non-hydrogen) atoms. The number of aryl methyl sites for hydroxylation is 3. The molecule has 76 valence electrons. The summed E-state index contributed by atoms with van der Waals surface area (Å²) in [6.45, 7) is 6.27. The van der Waals surface area contributed by atoms with Gasteiger partial charge in [-0.25, -0.2) is 0 Å². The van der Waals surface area contributed by atoms with Crippen molar-refractivity contribution in [3.63, 3.8) is 0 Å². The number of nitrogens with one attached hydrogen (secondary N) is 1. The molecular weight excluding hydrogens is 176 g/mol. The number of rotatable bonds is 5. The maximum atomic E-state index is 8.30. The highest BCUT2D eigenvalue weighted by Crippen LogP contribution is 2.01. The molecule has 0 aliphatic rings. The van der Waals surface area contributed by atoms with Crippen molar-refractivity contribution >= 4 is 0 Å². The van der Waals surface area contributed by atoms with E-state index in [0.717, 1.165) is 25.2 Å². The molecule has 0 atom stereocenters. The van der Waals surface area contributed by atoms with E-state index in [2.05, 4.69) is 23.4 Å². The molecule has 0 aliphatic carbocycles. The lowest BCUT2D eigenvalue weighted by molar-refractivity contribution is 0.543. The number of nitriles is 1. The molecule has 1 aromatic heterocycles. The van der Waals surface area contributed by atoms with Crippen LogP contribution in [0.2, 0.25) is 0 Å². The Labute approximate surface area is 84.5 Å². The highest BCUT2D eigenvalue weighted by atomic mass is 15.3. The van der Waals surface area contributed by atoms with Crippen LogP contribution in [0.3, 0.4) is 0 Å². The Morgan fingerprint density at radius 2 is 2.36 bits per heavy atom. The molecule has 0 fully saturated rings. The summed E-state index contributed by atoms with van der Waals surface area (Å²) in [6.07, 6.45) is 1.00. The van der Waals surface area contributed by atoms with Gasteiger partial charge in [-0.1, -0.05) is 0 Å². The molecule has 0 radical (unpaired) electrons. The van der Waals surface area contributed by atoms with Crippen LogP contribution >= 0.6 is 0 Å². The minimum atomic E-state index is 0.428. The summed E-state index contributed by atoms with van der Waals surface area (Å²) in [7, 11) is 0. The molecule has 0 aliphatic heterocycles. The SMILES string of the molecule is Cc1cc(C)n(CCCNCC#N)n1. The maximum Gasteiger partial charge on any atom is 0.0840 e. The molecule has 0 bridgehead atoms. The summed E-state index contributed by atoms with van der Waals surface area (Å²) in [4.78, 5) is 0. The average Bonchev–Trinajstić information content (AvgIpc) is 2.45. The standard InChI is InChI=1S/C10H16N4/c1-9-8-10(2)14(13-9)7-3-5-12-6-4-11/h8,12H,3,5-7H2,1-2H3. The first-order valence-electron chi connectivity index (χ1n) is 4.83. The summed E-state index contributed by atoms with van der Waals surface area (Å²) in [5, 5.41) is 15.7. The van der Waals surface area contributed by atoms with Gasteiger partial charge in [0.2, 0.25) is 0 Å². The predicted molar refractivity (Wildman–Crippen MR) is 54.8 cm³/mol. The maximum absolute atomic E-state index is 8.30. The lowest BCUT2D eigenvalue weighted by Crippen LogP contribution is -2.17. The van der Waals surface area contributed by atoms with Crippen LogP contribution in [0.25, 0.3) is 0 Å². The molecule has 0 saturated carbocycles. The first-order chi connectivity index (χ1) is 6.74. The van der Waals surface area contributed by atoms with E-state index in [-0.39, 0.29) is 0 Å². The van der Waals surface area contributed by atoms with Crippen molar-refractivity contribution in [3.8, 4) is 6.07 Å². The van der Waals surface area contributed by atoms with Gasteiger partial charge in [-0.3, -0.25) is 4.68 Å². The van der Waals surface area contributed by atoms with E-state index >= 15 is 0 Å². The molecule has 0 aromatic carbocycles. The molecular formula is C10H16N4. The summed E-state index contributed by atoms with van der Waals surface area (Å²) in [5.74, 6) is 0. The number of nitrogens with zero attached hydrogens (tertiary/aromatic N) is 3. The van der Waals surface area contributed by atoms with Crippen molar-refractivity contribution in [1.29, 1.82) is 5.26 Å². The van der Waals surface area contributed by atoms with Gasteiger partial charge in [-0.05, 0) is 32.9 Å². The topological polar surface area (TPSA) is 53.6 Å². The Hall–Kier alpha value is -1.34. The minimum absolute atomic E-state index is 0.428. The van der Waals surface area contributed by atoms with Gasteiger partial charge in [0.25, 0.3) is 0 Å². The first kappa shape index (κ1) is 10.7. The lowest BCUT2D eigenvalue weighted by Gasteiger charge is -2.03. The van der Waals surface area contributed by atoms with Gasteiger partial charge in [0, 0.05) is 12.2 Å². The van der Waals surface area contributed by atoms with Gasteiger partial charge >= 0.3 is 0 Å². The largest absolute Gasteiger partial charge is 0.304 e. The van der Waals surface area contributed by atoms with Gasteiger partial charge in [0.1, 0.15) is 0 Å². The zero-order valence-electron chi connectivity index (χ0n) is 8.75. The van der Waals surface area contributed by atoms with Crippen LogP contribution in [0.4, 0.5) is 0 Å². The highest BCUT2D eigenvalue weighted by molar-refractivity contribution is 5.06. The molecule has 1 aromatic rings. The zero-order chi connectivity index (χ0) is 10.4. The normalized spacial score (nSPS) is 10.1. The Bertz CT molecular complexity index is 321. The van der Waals surface area contributed by atoms with Gasteiger partial charge in [-0.2, -0.15) is 10.4 Å². The van der Waals surface area contributed by atoms with E-state index < -0.39 is 0 Å². The van der Waals surface area contributed by atoms with Crippen molar-refractivity contribution in [2.45, 2.75) is 26.8 Å². The van der Waals surface area contributed by atoms with E-state index in [1.54, 1.807) is 0 Å². The molecule has 0 unspecified atom stereocenters. The summed E-state index contributed by atoms with van der Waals surface area (Å²) in [6, 6.07) is 4.12. The number of aromatic nitrogens is 2. The average molecular weight is 192 g/mol. The Balaban J connectivity index is 2.25. The van der Waals surface area contributed by atoms with Crippen molar-refractivity contribution in [1.82, 2.24) is 15.1 Å². The van der Waals surface area contributed by atoms with Gasteiger partial charge in [0.05, 0.1) is 18.3 Å². The van der Waals surface area contributed by atoms with E-state index in [1.807, 2.05) is 17.7 Å². The molecule has 4 heteroatoms. The van der Waals surface area contributed by atoms with E-state index in [4.69, 9.17) is 5.26 Å². The second-order valence-electron chi connectivity index (χ2n) is 3.34. The van der Waals surface area contributed by atoms with Gasteiger partial charge < -0.3 is 5.32 Å². The Kier molecular flexibility index (Phi) is 4.14. The van der Waals surface area contributed by atoms with Gasteiger partial charge in [-0.15, -0.1) is 0 Å². The molecule has 0 saturated heterocycles. The van der Waals surface area contributed by atoms with E-state index in [1.165, 1.54) is 5.69 Å². The summed E-state index contributed by atoms with van der Waals surface area (Å²) >= 11 is 0. The molecule has 1 rings (SSSR count). The Morgan fingerprint density at radius 3 is 2.93 bits per heavy atom. The van der Waals surface area contributed by atoms with Crippen LogP contribution in [0, 0.1) is 25.2 Å². The van der Waals surface area contributed by atoms with Crippen LogP contribution in [-0.4, -0.2) is 22.9 Å². The van der Waals surface area contributed by atoms with Crippen LogP contribution in [0.5, 0.6) is 0 Å². The third-order valence-corrected chi connectivity index (χ3v) is 2.03. The second kappa shape index (κ2) is 5.40. The summed E-state index contributed by atoms with van der Waals surface area (Å²) < 4.78 is 2.00. The molecule has 0 amide bonds. The monoisotopic (exact) mass is 192 g/mol. The van der Waals surface area contributed by atoms with Crippen molar-refractivity contribution in [3.05, 3.63) is 17.5 Å². The lowest BCUT2D eigenvalue weighted by atomic mass is 10.4. The highest BCUT2D eigenvalue weighted by Gasteiger charge is 1.99. The molecule has 4 nitrogen and oxygen atoms in total. The second-order valence-corrected chi connectivity index (χ2v) is 3.34. The minimum Gasteiger partial charge on any atom is -0.304 e. The quantitative estimate of drug-likeness (QED) is 0.559. The van der Waals surface area contributed by atoms with E-state index in [9.17, 15) is 0 Å². The predicted octanol–water partition coefficient (Wildman–Crippen LogP) is 1.00. The van der Waals surface area contributed by atoms with Gasteiger partial charge in [0.15, 0.2) is 0 Å². The fraction of sp³-hybridized carbons (Fsp3) is 0.600. The van der Waals surface area contributed by atoms with Crippen LogP contribution in [0.1, 0.15) is 17.8 Å². The third-order valence-electron chi connectivity index (χ3n) is 2.03. The third kappa shape index (κ3) is 3.19. The summed E-state index contributed by atoms with van der Waals surface area (Å²) in [5.41, 5.74) is 2.26. The van der Waals surface area contributed by atoms with E-state index in [0.29, 0.717) is 6.54 Å². The zero-order valence-corrected chi connectivity index (χ0v) is 8.75. The molecule has 1 N–H and O–H groups in total. The smallest absolute Gasteiger partial charge is 0.0840 e. The van der Waals surface area contributed by atoms with Crippen molar-refractivity contribution < 1.29 is 0 Å². The molecule has 0 spiro atoms. The first-order valence-corrected chi connectivity index (χ1v) is 4.83.